The zero-order valence-corrected chi connectivity index (χ0v) is 16.0. The van der Waals surface area contributed by atoms with Crippen LogP contribution in [0, 0.1) is 23.7 Å². The van der Waals surface area contributed by atoms with Crippen LogP contribution in [0.4, 0.5) is 5.69 Å². The number of carbonyl (C=O) groups is 1. The molecule has 0 atom stereocenters. The maximum atomic E-state index is 12.4. The van der Waals surface area contributed by atoms with Gasteiger partial charge < -0.3 is 14.8 Å². The number of terminal acetylenes is 1. The summed E-state index contributed by atoms with van der Waals surface area (Å²) in [5.41, 5.74) is 2.44. The molecule has 5 nitrogen and oxygen atoms in total. The van der Waals surface area contributed by atoms with Gasteiger partial charge in [0, 0.05) is 5.69 Å². The van der Waals surface area contributed by atoms with Gasteiger partial charge >= 0.3 is 0 Å². The molecular formula is C23H22N2O3. The molecule has 0 aliphatic rings. The summed E-state index contributed by atoms with van der Waals surface area (Å²) in [7, 11) is 0. The van der Waals surface area contributed by atoms with Crippen molar-refractivity contribution in [2.24, 2.45) is 0 Å². The van der Waals surface area contributed by atoms with E-state index in [-0.39, 0.29) is 12.2 Å². The topological polar surface area (TPSA) is 71.3 Å². The minimum Gasteiger partial charge on any atom is -0.490 e. The number of amides is 1. The quantitative estimate of drug-likeness (QED) is 0.427. The molecule has 0 aliphatic carbocycles. The lowest BCUT2D eigenvalue weighted by Gasteiger charge is -2.11. The summed E-state index contributed by atoms with van der Waals surface area (Å²) >= 11 is 0. The fraction of sp³-hybridized carbons (Fsp3) is 0.217. The summed E-state index contributed by atoms with van der Waals surface area (Å²) in [5.74, 6) is 2.94. The predicted molar refractivity (Wildman–Crippen MR) is 110 cm³/mol. The van der Waals surface area contributed by atoms with Crippen molar-refractivity contribution in [3.8, 4) is 29.9 Å². The van der Waals surface area contributed by atoms with Gasteiger partial charge in [-0.3, -0.25) is 4.79 Å². The van der Waals surface area contributed by atoms with Crippen molar-refractivity contribution < 1.29 is 14.3 Å². The summed E-state index contributed by atoms with van der Waals surface area (Å²) in [6.07, 6.45) is 7.64. The summed E-state index contributed by atoms with van der Waals surface area (Å²) in [4.78, 5) is 12.4. The van der Waals surface area contributed by atoms with Crippen LogP contribution < -0.4 is 14.8 Å². The maximum absolute atomic E-state index is 12.4. The Morgan fingerprint density at radius 1 is 1.14 bits per heavy atom. The van der Waals surface area contributed by atoms with E-state index in [0.717, 1.165) is 6.42 Å². The Morgan fingerprint density at radius 3 is 2.50 bits per heavy atom. The maximum Gasteiger partial charge on any atom is 0.266 e. The average molecular weight is 374 g/mol. The molecule has 0 saturated heterocycles. The molecule has 2 aromatic rings. The molecule has 0 spiro atoms. The average Bonchev–Trinajstić information content (AvgIpc) is 2.72. The fourth-order valence-electron chi connectivity index (χ4n) is 2.46. The summed E-state index contributed by atoms with van der Waals surface area (Å²) in [6.45, 7) is 4.48. The van der Waals surface area contributed by atoms with E-state index in [9.17, 15) is 10.1 Å². The highest BCUT2D eigenvalue weighted by molar-refractivity contribution is 6.09. The van der Waals surface area contributed by atoms with Gasteiger partial charge in [-0.2, -0.15) is 5.26 Å². The van der Waals surface area contributed by atoms with E-state index >= 15 is 0 Å². The first kappa shape index (κ1) is 20.6. The van der Waals surface area contributed by atoms with Crippen LogP contribution in [0.2, 0.25) is 0 Å². The lowest BCUT2D eigenvalue weighted by Crippen LogP contribution is -2.13. The number of nitrogens with zero attached hydrogens (tertiary/aromatic N) is 1. The molecule has 2 aromatic carbocycles. The predicted octanol–water partition coefficient (Wildman–Crippen LogP) is 4.21. The van der Waals surface area contributed by atoms with Gasteiger partial charge in [-0.25, -0.2) is 0 Å². The second-order valence-corrected chi connectivity index (χ2v) is 5.81. The zero-order valence-electron chi connectivity index (χ0n) is 16.0. The van der Waals surface area contributed by atoms with Gasteiger partial charge in [0.1, 0.15) is 18.2 Å². The van der Waals surface area contributed by atoms with E-state index in [1.165, 1.54) is 11.6 Å². The van der Waals surface area contributed by atoms with Gasteiger partial charge in [0.15, 0.2) is 11.5 Å². The molecule has 0 saturated carbocycles. The highest BCUT2D eigenvalue weighted by Crippen LogP contribution is 2.29. The van der Waals surface area contributed by atoms with Crippen LogP contribution in [0.25, 0.3) is 6.08 Å². The second kappa shape index (κ2) is 10.4. The molecule has 0 aromatic heterocycles. The van der Waals surface area contributed by atoms with Crippen molar-refractivity contribution in [2.75, 3.05) is 18.5 Å². The minimum absolute atomic E-state index is 0.0145. The molecule has 1 N–H and O–H groups in total. The number of aryl methyl sites for hydroxylation is 1. The monoisotopic (exact) mass is 374 g/mol. The first-order valence-corrected chi connectivity index (χ1v) is 8.96. The summed E-state index contributed by atoms with van der Waals surface area (Å²) in [6, 6.07) is 14.6. The molecule has 0 fully saturated rings. The minimum atomic E-state index is -0.475. The third kappa shape index (κ3) is 5.65. The Morgan fingerprint density at radius 2 is 1.89 bits per heavy atom. The normalized spacial score (nSPS) is 10.5. The Bertz CT molecular complexity index is 932. The van der Waals surface area contributed by atoms with E-state index in [2.05, 4.69) is 18.2 Å². The van der Waals surface area contributed by atoms with Crippen molar-refractivity contribution in [1.29, 1.82) is 5.26 Å². The highest BCUT2D eigenvalue weighted by atomic mass is 16.5. The van der Waals surface area contributed by atoms with Crippen LogP contribution in [-0.2, 0) is 11.2 Å². The van der Waals surface area contributed by atoms with Crippen LogP contribution >= 0.6 is 0 Å². The molecule has 0 radical (unpaired) electrons. The van der Waals surface area contributed by atoms with E-state index in [1.54, 1.807) is 18.2 Å². The SMILES string of the molecule is C#CCOc1ccc(/C=C(\C#N)C(=O)Nc2ccc(CC)cc2)cc1OCC. The lowest BCUT2D eigenvalue weighted by molar-refractivity contribution is -0.112. The standard InChI is InChI=1S/C23H22N2O3/c1-4-13-28-21-12-9-18(15-22(21)27-6-3)14-19(16-24)23(26)25-20-10-7-17(5-2)8-11-20/h1,7-12,14-15H,5-6,13H2,2-3H3,(H,25,26)/b19-14+. The molecule has 1 amide bonds. The number of anilines is 1. The van der Waals surface area contributed by atoms with Crippen molar-refractivity contribution in [2.45, 2.75) is 20.3 Å². The van der Waals surface area contributed by atoms with Gasteiger partial charge in [-0.15, -0.1) is 6.42 Å². The first-order valence-electron chi connectivity index (χ1n) is 8.96. The smallest absolute Gasteiger partial charge is 0.266 e. The van der Waals surface area contributed by atoms with Crippen molar-refractivity contribution in [1.82, 2.24) is 0 Å². The van der Waals surface area contributed by atoms with Crippen LogP contribution in [0.3, 0.4) is 0 Å². The number of nitrogens with one attached hydrogen (secondary N) is 1. The van der Waals surface area contributed by atoms with Crippen molar-refractivity contribution >= 4 is 17.7 Å². The molecule has 0 bridgehead atoms. The highest BCUT2D eigenvalue weighted by Gasteiger charge is 2.11. The van der Waals surface area contributed by atoms with Crippen molar-refractivity contribution in [3.63, 3.8) is 0 Å². The number of hydrogen-bond donors (Lipinski definition) is 1. The van der Waals surface area contributed by atoms with Gasteiger partial charge in [-0.05, 0) is 54.8 Å². The number of carbonyl (C=O) groups excluding carboxylic acids is 1. The number of ether oxygens (including phenoxy) is 2. The molecule has 2 rings (SSSR count). The molecule has 5 heteroatoms. The zero-order chi connectivity index (χ0) is 20.4. The molecule has 0 aliphatic heterocycles. The van der Waals surface area contributed by atoms with Crippen LogP contribution in [0.5, 0.6) is 11.5 Å². The Kier molecular flexibility index (Phi) is 7.69. The number of hydrogen-bond acceptors (Lipinski definition) is 4. The second-order valence-electron chi connectivity index (χ2n) is 5.81. The molecule has 28 heavy (non-hydrogen) atoms. The lowest BCUT2D eigenvalue weighted by atomic mass is 10.1. The third-order valence-corrected chi connectivity index (χ3v) is 3.87. The van der Waals surface area contributed by atoms with Crippen LogP contribution in [0.15, 0.2) is 48.0 Å². The first-order chi connectivity index (χ1) is 13.6. The molecular weight excluding hydrogens is 352 g/mol. The molecule has 142 valence electrons. The van der Waals surface area contributed by atoms with Gasteiger partial charge in [0.05, 0.1) is 6.61 Å². The van der Waals surface area contributed by atoms with E-state index < -0.39 is 5.91 Å². The fourth-order valence-corrected chi connectivity index (χ4v) is 2.46. The third-order valence-electron chi connectivity index (χ3n) is 3.87. The van der Waals surface area contributed by atoms with E-state index in [4.69, 9.17) is 15.9 Å². The van der Waals surface area contributed by atoms with Crippen LogP contribution in [-0.4, -0.2) is 19.1 Å². The number of rotatable bonds is 8. The summed E-state index contributed by atoms with van der Waals surface area (Å²) < 4.78 is 11.0. The largest absolute Gasteiger partial charge is 0.490 e. The van der Waals surface area contributed by atoms with Gasteiger partial charge in [0.2, 0.25) is 0 Å². The molecule has 0 unspecified atom stereocenters. The van der Waals surface area contributed by atoms with Gasteiger partial charge in [-0.1, -0.05) is 31.0 Å². The molecule has 0 heterocycles. The number of benzene rings is 2. The Hall–Kier alpha value is -3.70. The van der Waals surface area contributed by atoms with Crippen molar-refractivity contribution in [3.05, 3.63) is 59.2 Å². The summed E-state index contributed by atoms with van der Waals surface area (Å²) in [5, 5.41) is 12.1. The van der Waals surface area contributed by atoms with Gasteiger partial charge in [0.25, 0.3) is 5.91 Å². The Balaban J connectivity index is 2.22. The number of nitriles is 1. The van der Waals surface area contributed by atoms with E-state index in [1.807, 2.05) is 37.3 Å². The Labute approximate surface area is 165 Å². The van der Waals surface area contributed by atoms with E-state index in [0.29, 0.717) is 29.4 Å². The van der Waals surface area contributed by atoms with Crippen LogP contribution in [0.1, 0.15) is 25.0 Å².